The molecule has 10 aromatic rings. The van der Waals surface area contributed by atoms with E-state index in [2.05, 4.69) is 146 Å². The number of furan rings is 1. The van der Waals surface area contributed by atoms with Gasteiger partial charge in [-0.3, -0.25) is 0 Å². The van der Waals surface area contributed by atoms with E-state index in [1.54, 1.807) is 0 Å². The van der Waals surface area contributed by atoms with E-state index in [1.165, 1.54) is 16.7 Å². The Kier molecular flexibility index (Phi) is 6.78. The SMILES string of the molecule is c1ccc(-c2ccc(-c3nc(-c4ccc5cc6oc7ccccc7c6cc5c4)nc(-c4ccc(-c5ccccc5)c5ccccc45)n3)cc2)cc1. The van der Waals surface area contributed by atoms with Crippen LogP contribution in [-0.2, 0) is 0 Å². The molecule has 0 fully saturated rings. The van der Waals surface area contributed by atoms with Crippen LogP contribution in [0, 0.1) is 0 Å². The predicted molar refractivity (Wildman–Crippen MR) is 209 cm³/mol. The fraction of sp³-hybridized carbons (Fsp3) is 0. The summed E-state index contributed by atoms with van der Waals surface area (Å²) in [6.45, 7) is 0. The molecular formula is C47H29N3O. The van der Waals surface area contributed by atoms with Crippen LogP contribution < -0.4 is 0 Å². The maximum atomic E-state index is 6.18. The second-order valence-electron chi connectivity index (χ2n) is 12.8. The van der Waals surface area contributed by atoms with Gasteiger partial charge in [0.05, 0.1) is 0 Å². The van der Waals surface area contributed by atoms with Crippen molar-refractivity contribution in [3.8, 4) is 56.4 Å². The number of benzene rings is 8. The molecule has 0 unspecified atom stereocenters. The minimum absolute atomic E-state index is 0.623. The summed E-state index contributed by atoms with van der Waals surface area (Å²) in [5, 5.41) is 6.64. The Balaban J connectivity index is 1.16. The van der Waals surface area contributed by atoms with Gasteiger partial charge in [-0.2, -0.15) is 0 Å². The molecule has 0 aliphatic carbocycles. The monoisotopic (exact) mass is 651 g/mol. The van der Waals surface area contributed by atoms with Gasteiger partial charge < -0.3 is 4.42 Å². The summed E-state index contributed by atoms with van der Waals surface area (Å²) < 4.78 is 6.18. The average Bonchev–Trinajstić information content (AvgIpc) is 3.57. The van der Waals surface area contributed by atoms with E-state index in [9.17, 15) is 0 Å². The molecule has 8 aromatic carbocycles. The highest BCUT2D eigenvalue weighted by Crippen LogP contribution is 2.37. The quantitative estimate of drug-likeness (QED) is 0.186. The molecule has 0 amide bonds. The lowest BCUT2D eigenvalue weighted by Crippen LogP contribution is -2.01. The van der Waals surface area contributed by atoms with Gasteiger partial charge in [0.2, 0.25) is 0 Å². The van der Waals surface area contributed by atoms with Crippen LogP contribution in [0.25, 0.3) is 99.9 Å². The van der Waals surface area contributed by atoms with Gasteiger partial charge in [-0.1, -0.05) is 146 Å². The van der Waals surface area contributed by atoms with E-state index in [0.717, 1.165) is 65.7 Å². The number of rotatable bonds is 5. The Morgan fingerprint density at radius 3 is 1.61 bits per heavy atom. The van der Waals surface area contributed by atoms with Crippen LogP contribution in [0.1, 0.15) is 0 Å². The topological polar surface area (TPSA) is 51.8 Å². The Hall–Kier alpha value is -6.91. The van der Waals surface area contributed by atoms with Gasteiger partial charge in [-0.25, -0.2) is 15.0 Å². The molecule has 0 aliphatic rings. The van der Waals surface area contributed by atoms with E-state index in [-0.39, 0.29) is 0 Å². The summed E-state index contributed by atoms with van der Waals surface area (Å²) >= 11 is 0. The van der Waals surface area contributed by atoms with Crippen LogP contribution in [0.3, 0.4) is 0 Å². The summed E-state index contributed by atoms with van der Waals surface area (Å²) in [6, 6.07) is 61.1. The van der Waals surface area contributed by atoms with Crippen molar-refractivity contribution in [1.29, 1.82) is 0 Å². The van der Waals surface area contributed by atoms with Gasteiger partial charge in [-0.15, -0.1) is 0 Å². The standard InChI is InChI=1S/C47H29N3O/c1-3-11-30(12-4-1)31-19-21-33(22-20-31)45-48-46(35-24-23-34-29-44-42(28-36(34)27-35)40-17-9-10-18-43(40)51-44)50-47(49-45)41-26-25-37(32-13-5-2-6-14-32)38-15-7-8-16-39(38)41/h1-29H. The normalized spacial score (nSPS) is 11.5. The third-order valence-electron chi connectivity index (χ3n) is 9.73. The molecule has 0 radical (unpaired) electrons. The first kappa shape index (κ1) is 29.0. The lowest BCUT2D eigenvalue weighted by Gasteiger charge is -2.13. The highest BCUT2D eigenvalue weighted by molar-refractivity contribution is 6.10. The number of aromatic nitrogens is 3. The minimum Gasteiger partial charge on any atom is -0.456 e. The van der Waals surface area contributed by atoms with Crippen molar-refractivity contribution in [1.82, 2.24) is 15.0 Å². The molecule has 4 nitrogen and oxygen atoms in total. The highest BCUT2D eigenvalue weighted by Gasteiger charge is 2.17. The average molecular weight is 652 g/mol. The molecule has 0 saturated carbocycles. The van der Waals surface area contributed by atoms with Crippen molar-refractivity contribution >= 4 is 43.5 Å². The number of hydrogen-bond acceptors (Lipinski definition) is 4. The van der Waals surface area contributed by atoms with Crippen LogP contribution in [0.4, 0.5) is 0 Å². The molecule has 0 N–H and O–H groups in total. The molecule has 0 spiro atoms. The van der Waals surface area contributed by atoms with Crippen molar-refractivity contribution in [2.75, 3.05) is 0 Å². The first-order chi connectivity index (χ1) is 25.2. The second kappa shape index (κ2) is 11.9. The van der Waals surface area contributed by atoms with Crippen LogP contribution in [0.5, 0.6) is 0 Å². The molecular weight excluding hydrogens is 623 g/mol. The molecule has 4 heteroatoms. The number of hydrogen-bond donors (Lipinski definition) is 0. The van der Waals surface area contributed by atoms with Gasteiger partial charge in [0.25, 0.3) is 0 Å². The fourth-order valence-corrected chi connectivity index (χ4v) is 7.17. The van der Waals surface area contributed by atoms with E-state index in [0.29, 0.717) is 17.5 Å². The van der Waals surface area contributed by atoms with Gasteiger partial charge in [0.1, 0.15) is 11.2 Å². The maximum Gasteiger partial charge on any atom is 0.164 e. The lowest BCUT2D eigenvalue weighted by molar-refractivity contribution is 0.669. The molecule has 0 aliphatic heterocycles. The Labute approximate surface area is 294 Å². The predicted octanol–water partition coefficient (Wildman–Crippen LogP) is 12.4. The zero-order chi connectivity index (χ0) is 33.7. The summed E-state index contributed by atoms with van der Waals surface area (Å²) in [7, 11) is 0. The molecule has 10 rings (SSSR count). The number of fused-ring (bicyclic) bond motifs is 5. The molecule has 0 atom stereocenters. The summed E-state index contributed by atoms with van der Waals surface area (Å²) in [5.74, 6) is 1.88. The third kappa shape index (κ3) is 5.13. The van der Waals surface area contributed by atoms with Crippen molar-refractivity contribution in [3.63, 3.8) is 0 Å². The Bertz CT molecular complexity index is 2900. The van der Waals surface area contributed by atoms with Crippen LogP contribution in [-0.4, -0.2) is 15.0 Å². The van der Waals surface area contributed by atoms with E-state index in [4.69, 9.17) is 19.4 Å². The molecule has 2 heterocycles. The van der Waals surface area contributed by atoms with E-state index >= 15 is 0 Å². The maximum absolute atomic E-state index is 6.18. The molecule has 0 saturated heterocycles. The first-order valence-electron chi connectivity index (χ1n) is 17.1. The minimum atomic E-state index is 0.623. The van der Waals surface area contributed by atoms with E-state index < -0.39 is 0 Å². The number of para-hydroxylation sites is 1. The molecule has 238 valence electrons. The largest absolute Gasteiger partial charge is 0.456 e. The lowest BCUT2D eigenvalue weighted by atomic mass is 9.94. The van der Waals surface area contributed by atoms with Crippen molar-refractivity contribution in [2.24, 2.45) is 0 Å². The van der Waals surface area contributed by atoms with Gasteiger partial charge >= 0.3 is 0 Å². The first-order valence-corrected chi connectivity index (χ1v) is 17.1. The van der Waals surface area contributed by atoms with Gasteiger partial charge in [-0.05, 0) is 74.1 Å². The molecule has 2 aromatic heterocycles. The van der Waals surface area contributed by atoms with Crippen molar-refractivity contribution < 1.29 is 4.42 Å². The second-order valence-corrected chi connectivity index (χ2v) is 12.8. The highest BCUT2D eigenvalue weighted by atomic mass is 16.3. The van der Waals surface area contributed by atoms with Crippen LogP contribution in [0.2, 0.25) is 0 Å². The van der Waals surface area contributed by atoms with Crippen LogP contribution >= 0.6 is 0 Å². The van der Waals surface area contributed by atoms with Crippen molar-refractivity contribution in [3.05, 3.63) is 176 Å². The summed E-state index contributed by atoms with van der Waals surface area (Å²) in [5.41, 5.74) is 9.24. The third-order valence-corrected chi connectivity index (χ3v) is 9.73. The van der Waals surface area contributed by atoms with Gasteiger partial charge in [0.15, 0.2) is 17.5 Å². The summed E-state index contributed by atoms with van der Waals surface area (Å²) in [6.07, 6.45) is 0. The Morgan fingerprint density at radius 1 is 0.294 bits per heavy atom. The molecule has 0 bridgehead atoms. The Morgan fingerprint density at radius 2 is 0.843 bits per heavy atom. The number of nitrogens with zero attached hydrogens (tertiary/aromatic N) is 3. The summed E-state index contributed by atoms with van der Waals surface area (Å²) in [4.78, 5) is 15.5. The zero-order valence-corrected chi connectivity index (χ0v) is 27.5. The fourth-order valence-electron chi connectivity index (χ4n) is 7.17. The van der Waals surface area contributed by atoms with Crippen LogP contribution in [0.15, 0.2) is 180 Å². The van der Waals surface area contributed by atoms with Gasteiger partial charge in [0, 0.05) is 27.5 Å². The smallest absolute Gasteiger partial charge is 0.164 e. The molecule has 51 heavy (non-hydrogen) atoms. The van der Waals surface area contributed by atoms with Crippen molar-refractivity contribution in [2.45, 2.75) is 0 Å². The zero-order valence-electron chi connectivity index (χ0n) is 27.5. The van der Waals surface area contributed by atoms with E-state index in [1.807, 2.05) is 30.3 Å².